The van der Waals surface area contributed by atoms with Gasteiger partial charge in [-0.2, -0.15) is 0 Å². The number of ether oxygens (including phenoxy) is 1. The highest BCUT2D eigenvalue weighted by Gasteiger charge is 2.02. The number of methoxy groups -OCH3 is 1. The Labute approximate surface area is 106 Å². The second kappa shape index (κ2) is 7.14. The number of halogens is 1. The molecular formula is C12H16ClNO3. The van der Waals surface area contributed by atoms with Gasteiger partial charge in [-0.15, -0.1) is 0 Å². The molecule has 0 saturated heterocycles. The first-order valence-electron chi connectivity index (χ1n) is 5.38. The van der Waals surface area contributed by atoms with Crippen molar-refractivity contribution in [3.05, 3.63) is 28.8 Å². The minimum atomic E-state index is -0.792. The molecule has 0 heterocycles. The van der Waals surface area contributed by atoms with Crippen LogP contribution in [0, 0.1) is 0 Å². The lowest BCUT2D eigenvalue weighted by Gasteiger charge is -2.07. The van der Waals surface area contributed by atoms with E-state index in [0.29, 0.717) is 18.1 Å². The number of nitrogens with one attached hydrogen (secondary N) is 1. The predicted octanol–water partition coefficient (Wildman–Crippen LogP) is 1.96. The maximum absolute atomic E-state index is 10.3. The van der Waals surface area contributed by atoms with Gasteiger partial charge in [0, 0.05) is 11.6 Å². The molecule has 0 atom stereocenters. The van der Waals surface area contributed by atoms with Crippen molar-refractivity contribution in [1.29, 1.82) is 0 Å². The number of rotatable bonds is 7. The third kappa shape index (κ3) is 5.06. The monoisotopic (exact) mass is 257 g/mol. The topological polar surface area (TPSA) is 58.6 Å². The summed E-state index contributed by atoms with van der Waals surface area (Å²) < 4.78 is 5.05. The van der Waals surface area contributed by atoms with Crippen LogP contribution in [0.15, 0.2) is 18.2 Å². The molecule has 5 heteroatoms. The third-order valence-corrected chi connectivity index (χ3v) is 2.70. The van der Waals surface area contributed by atoms with E-state index in [-0.39, 0.29) is 6.42 Å². The third-order valence-electron chi connectivity index (χ3n) is 2.35. The lowest BCUT2D eigenvalue weighted by atomic mass is 10.1. The summed E-state index contributed by atoms with van der Waals surface area (Å²) in [5, 5.41) is 12.2. The normalized spacial score (nSPS) is 10.2. The molecule has 0 saturated carbocycles. The van der Waals surface area contributed by atoms with Gasteiger partial charge in [-0.05, 0) is 30.7 Å². The van der Waals surface area contributed by atoms with Crippen LogP contribution in [-0.2, 0) is 11.2 Å². The molecular weight excluding hydrogens is 242 g/mol. The Balaban J connectivity index is 2.34. The van der Waals surface area contributed by atoms with Crippen LogP contribution in [0.5, 0.6) is 5.75 Å². The van der Waals surface area contributed by atoms with Crippen molar-refractivity contribution < 1.29 is 14.6 Å². The van der Waals surface area contributed by atoms with Gasteiger partial charge in [-0.1, -0.05) is 17.7 Å². The van der Waals surface area contributed by atoms with E-state index in [9.17, 15) is 4.79 Å². The SMILES string of the molecule is COc1ccc(CCNCCC(=O)O)c(Cl)c1. The van der Waals surface area contributed by atoms with Gasteiger partial charge in [0.15, 0.2) is 0 Å². The summed E-state index contributed by atoms with van der Waals surface area (Å²) >= 11 is 6.07. The number of hydrogen-bond acceptors (Lipinski definition) is 3. The second-order valence-electron chi connectivity index (χ2n) is 3.60. The fourth-order valence-corrected chi connectivity index (χ4v) is 1.67. The van der Waals surface area contributed by atoms with Gasteiger partial charge >= 0.3 is 5.97 Å². The number of carboxylic acid groups (broad SMARTS) is 1. The highest BCUT2D eigenvalue weighted by Crippen LogP contribution is 2.22. The van der Waals surface area contributed by atoms with Crippen LogP contribution in [-0.4, -0.2) is 31.3 Å². The second-order valence-corrected chi connectivity index (χ2v) is 4.01. The molecule has 2 N–H and O–H groups in total. The van der Waals surface area contributed by atoms with E-state index in [0.717, 1.165) is 17.7 Å². The van der Waals surface area contributed by atoms with Crippen molar-refractivity contribution in [2.45, 2.75) is 12.8 Å². The molecule has 94 valence electrons. The minimum absolute atomic E-state index is 0.135. The molecule has 0 bridgehead atoms. The summed E-state index contributed by atoms with van der Waals surface area (Å²) in [7, 11) is 1.60. The average Bonchev–Trinajstić information content (AvgIpc) is 2.30. The average molecular weight is 258 g/mol. The highest BCUT2D eigenvalue weighted by molar-refractivity contribution is 6.31. The minimum Gasteiger partial charge on any atom is -0.497 e. The molecule has 0 spiro atoms. The van der Waals surface area contributed by atoms with Crippen molar-refractivity contribution >= 4 is 17.6 Å². The van der Waals surface area contributed by atoms with Gasteiger partial charge in [0.25, 0.3) is 0 Å². The molecule has 0 amide bonds. The molecule has 0 unspecified atom stereocenters. The molecule has 0 aliphatic heterocycles. The summed E-state index contributed by atoms with van der Waals surface area (Å²) in [5.41, 5.74) is 1.02. The number of benzene rings is 1. The van der Waals surface area contributed by atoms with Crippen molar-refractivity contribution in [2.24, 2.45) is 0 Å². The quantitative estimate of drug-likeness (QED) is 0.733. The highest BCUT2D eigenvalue weighted by atomic mass is 35.5. The van der Waals surface area contributed by atoms with E-state index in [1.165, 1.54) is 0 Å². The summed E-state index contributed by atoms with van der Waals surface area (Å²) in [6, 6.07) is 5.55. The molecule has 1 rings (SSSR count). The predicted molar refractivity (Wildman–Crippen MR) is 66.8 cm³/mol. The Bertz CT molecular complexity index is 382. The first-order valence-corrected chi connectivity index (χ1v) is 5.76. The number of hydrogen-bond donors (Lipinski definition) is 2. The Morgan fingerprint density at radius 2 is 2.24 bits per heavy atom. The van der Waals surface area contributed by atoms with Crippen molar-refractivity contribution in [2.75, 3.05) is 20.2 Å². The number of carboxylic acids is 1. The largest absolute Gasteiger partial charge is 0.497 e. The van der Waals surface area contributed by atoms with Crippen molar-refractivity contribution in [3.63, 3.8) is 0 Å². The lowest BCUT2D eigenvalue weighted by molar-refractivity contribution is -0.136. The maximum Gasteiger partial charge on any atom is 0.304 e. The van der Waals surface area contributed by atoms with Gasteiger partial charge in [0.1, 0.15) is 5.75 Å². The fraction of sp³-hybridized carbons (Fsp3) is 0.417. The Kier molecular flexibility index (Phi) is 5.80. The van der Waals surface area contributed by atoms with E-state index in [2.05, 4.69) is 5.32 Å². The molecule has 1 aromatic rings. The first kappa shape index (κ1) is 13.8. The van der Waals surface area contributed by atoms with Crippen LogP contribution >= 0.6 is 11.6 Å². The van der Waals surface area contributed by atoms with Gasteiger partial charge in [-0.3, -0.25) is 4.79 Å². The zero-order valence-corrected chi connectivity index (χ0v) is 10.5. The van der Waals surface area contributed by atoms with Crippen LogP contribution < -0.4 is 10.1 Å². The number of aliphatic carboxylic acids is 1. The smallest absolute Gasteiger partial charge is 0.304 e. The Morgan fingerprint density at radius 3 is 2.82 bits per heavy atom. The molecule has 17 heavy (non-hydrogen) atoms. The molecule has 0 aromatic heterocycles. The van der Waals surface area contributed by atoms with Crippen LogP contribution in [0.3, 0.4) is 0 Å². The summed E-state index contributed by atoms with van der Waals surface area (Å²) in [5.74, 6) is -0.0578. The molecule has 0 aliphatic carbocycles. The van der Waals surface area contributed by atoms with E-state index in [4.69, 9.17) is 21.4 Å². The van der Waals surface area contributed by atoms with Gasteiger partial charge < -0.3 is 15.2 Å². The molecule has 0 fully saturated rings. The summed E-state index contributed by atoms with van der Waals surface area (Å²) in [6.45, 7) is 1.18. The number of carbonyl (C=O) groups is 1. The van der Waals surface area contributed by atoms with Gasteiger partial charge in [0.05, 0.1) is 13.5 Å². The van der Waals surface area contributed by atoms with Crippen LogP contribution in [0.25, 0.3) is 0 Å². The molecule has 4 nitrogen and oxygen atoms in total. The van der Waals surface area contributed by atoms with Crippen LogP contribution in [0.1, 0.15) is 12.0 Å². The Morgan fingerprint density at radius 1 is 1.47 bits per heavy atom. The van der Waals surface area contributed by atoms with Crippen LogP contribution in [0.2, 0.25) is 5.02 Å². The Hall–Kier alpha value is -1.26. The first-order chi connectivity index (χ1) is 8.13. The van der Waals surface area contributed by atoms with Crippen molar-refractivity contribution in [3.8, 4) is 5.75 Å². The lowest BCUT2D eigenvalue weighted by Crippen LogP contribution is -2.20. The van der Waals surface area contributed by atoms with Crippen molar-refractivity contribution in [1.82, 2.24) is 5.32 Å². The van der Waals surface area contributed by atoms with E-state index < -0.39 is 5.97 Å². The molecule has 1 aromatic carbocycles. The van der Waals surface area contributed by atoms with E-state index in [1.807, 2.05) is 12.1 Å². The van der Waals surface area contributed by atoms with E-state index in [1.54, 1.807) is 13.2 Å². The molecule has 0 aliphatic rings. The van der Waals surface area contributed by atoms with Gasteiger partial charge in [0.2, 0.25) is 0 Å². The van der Waals surface area contributed by atoms with Gasteiger partial charge in [-0.25, -0.2) is 0 Å². The van der Waals surface area contributed by atoms with Crippen LogP contribution in [0.4, 0.5) is 0 Å². The fourth-order valence-electron chi connectivity index (χ4n) is 1.40. The zero-order chi connectivity index (χ0) is 12.7. The standard InChI is InChI=1S/C12H16ClNO3/c1-17-10-3-2-9(11(13)8-10)4-6-14-7-5-12(15)16/h2-3,8,14H,4-7H2,1H3,(H,15,16). The zero-order valence-electron chi connectivity index (χ0n) is 9.70. The van der Waals surface area contributed by atoms with E-state index >= 15 is 0 Å². The maximum atomic E-state index is 10.3. The summed E-state index contributed by atoms with van der Waals surface area (Å²) in [6.07, 6.45) is 0.902. The molecule has 0 radical (unpaired) electrons. The summed E-state index contributed by atoms with van der Waals surface area (Å²) in [4.78, 5) is 10.3.